The van der Waals surface area contributed by atoms with Crippen molar-refractivity contribution < 1.29 is 29.0 Å². The number of hydrogen-bond acceptors (Lipinski definition) is 5. The van der Waals surface area contributed by atoms with E-state index < -0.39 is 24.0 Å². The lowest BCUT2D eigenvalue weighted by molar-refractivity contribution is -0.142. The Hall–Kier alpha value is -2.32. The smallest absolute Gasteiger partial charge is 0.326 e. The lowest BCUT2D eigenvalue weighted by Crippen LogP contribution is -2.49. The van der Waals surface area contributed by atoms with Crippen LogP contribution in [0.4, 0.5) is 4.79 Å². The molecule has 0 aromatic carbocycles. The number of carboxylic acid groups (broad SMARTS) is 1. The molecule has 0 aliphatic carbocycles. The predicted octanol–water partition coefficient (Wildman–Crippen LogP) is -1.42. The number of urea groups is 1. The number of carbonyl (C=O) groups is 4. The van der Waals surface area contributed by atoms with Crippen molar-refractivity contribution in [2.45, 2.75) is 31.3 Å². The van der Waals surface area contributed by atoms with Gasteiger partial charge in [0.05, 0.1) is 13.2 Å². The minimum atomic E-state index is -1.25. The molecule has 3 amide bonds. The lowest BCUT2D eigenvalue weighted by atomic mass is 10.1. The average Bonchev–Trinajstić information content (AvgIpc) is 2.78. The number of carboxylic acids is 1. The van der Waals surface area contributed by atoms with Crippen molar-refractivity contribution in [3.63, 3.8) is 0 Å². The van der Waals surface area contributed by atoms with Crippen LogP contribution < -0.4 is 16.0 Å². The Morgan fingerprint density at radius 3 is 2.70 bits per heavy atom. The summed E-state index contributed by atoms with van der Waals surface area (Å²) in [6, 6.07) is -2.25. The average molecular weight is 287 g/mol. The fourth-order valence-corrected chi connectivity index (χ4v) is 1.71. The summed E-state index contributed by atoms with van der Waals surface area (Å²) in [5.41, 5.74) is 0. The molecule has 1 unspecified atom stereocenters. The monoisotopic (exact) mass is 287 g/mol. The molecule has 1 aliphatic rings. The van der Waals surface area contributed by atoms with Gasteiger partial charge >= 0.3 is 18.0 Å². The number of hydrogen-bond donors (Lipinski definition) is 4. The van der Waals surface area contributed by atoms with Gasteiger partial charge in [0.15, 0.2) is 0 Å². The molecule has 0 aromatic heterocycles. The molecule has 4 N–H and O–H groups in total. The SMILES string of the molecule is COC(=O)CC[C@@H](NC(=O)NC1CNC(=O)C1)C(=O)O. The normalized spacial score (nSPS) is 18.9. The van der Waals surface area contributed by atoms with Gasteiger partial charge in [0.2, 0.25) is 5.91 Å². The van der Waals surface area contributed by atoms with E-state index in [-0.39, 0.29) is 31.2 Å². The second kappa shape index (κ2) is 7.31. The number of aliphatic carboxylic acids is 1. The first-order valence-electron chi connectivity index (χ1n) is 6.05. The van der Waals surface area contributed by atoms with E-state index >= 15 is 0 Å². The van der Waals surface area contributed by atoms with Gasteiger partial charge in [-0.2, -0.15) is 0 Å². The zero-order valence-electron chi connectivity index (χ0n) is 11.0. The number of rotatable bonds is 6. The van der Waals surface area contributed by atoms with Crippen LogP contribution in [-0.2, 0) is 19.1 Å². The summed E-state index contributed by atoms with van der Waals surface area (Å²) in [6.45, 7) is 0.312. The van der Waals surface area contributed by atoms with E-state index in [0.717, 1.165) is 0 Å². The van der Waals surface area contributed by atoms with Crippen LogP contribution in [0.2, 0.25) is 0 Å². The van der Waals surface area contributed by atoms with Crippen LogP contribution in [0.3, 0.4) is 0 Å². The molecule has 0 bridgehead atoms. The summed E-state index contributed by atoms with van der Waals surface area (Å²) in [6.07, 6.45) is -0.0260. The molecule has 0 saturated carbocycles. The van der Waals surface area contributed by atoms with Crippen molar-refractivity contribution >= 4 is 23.9 Å². The molecular weight excluding hydrogens is 270 g/mol. The summed E-state index contributed by atoms with van der Waals surface area (Å²) in [5, 5.41) is 16.2. The van der Waals surface area contributed by atoms with Gasteiger partial charge in [0, 0.05) is 19.4 Å². The van der Waals surface area contributed by atoms with Crippen molar-refractivity contribution in [2.75, 3.05) is 13.7 Å². The zero-order chi connectivity index (χ0) is 15.1. The second-order valence-corrected chi connectivity index (χ2v) is 4.33. The van der Waals surface area contributed by atoms with Crippen molar-refractivity contribution in [1.82, 2.24) is 16.0 Å². The molecule has 1 rings (SSSR count). The zero-order valence-corrected chi connectivity index (χ0v) is 11.0. The lowest BCUT2D eigenvalue weighted by Gasteiger charge is -2.16. The van der Waals surface area contributed by atoms with Crippen molar-refractivity contribution in [2.24, 2.45) is 0 Å². The first kappa shape index (κ1) is 15.7. The van der Waals surface area contributed by atoms with Crippen molar-refractivity contribution in [1.29, 1.82) is 0 Å². The molecule has 0 radical (unpaired) electrons. The molecule has 9 nitrogen and oxygen atoms in total. The first-order chi connectivity index (χ1) is 9.42. The molecule has 1 saturated heterocycles. The van der Waals surface area contributed by atoms with Gasteiger partial charge in [-0.15, -0.1) is 0 Å². The van der Waals surface area contributed by atoms with Crippen LogP contribution in [0.1, 0.15) is 19.3 Å². The predicted molar refractivity (Wildman–Crippen MR) is 65.8 cm³/mol. The molecule has 2 atom stereocenters. The van der Waals surface area contributed by atoms with E-state index in [1.165, 1.54) is 7.11 Å². The molecule has 9 heteroatoms. The highest BCUT2D eigenvalue weighted by atomic mass is 16.5. The molecule has 1 aliphatic heterocycles. The summed E-state index contributed by atoms with van der Waals surface area (Å²) < 4.78 is 4.40. The molecule has 112 valence electrons. The molecule has 1 fully saturated rings. The van der Waals surface area contributed by atoms with Gasteiger partial charge in [-0.05, 0) is 6.42 Å². The number of esters is 1. The maximum absolute atomic E-state index is 11.6. The molecule has 20 heavy (non-hydrogen) atoms. The Kier molecular flexibility index (Phi) is 5.75. The summed E-state index contributed by atoms with van der Waals surface area (Å²) in [5.74, 6) is -1.97. The Morgan fingerprint density at radius 1 is 1.50 bits per heavy atom. The highest BCUT2D eigenvalue weighted by Crippen LogP contribution is 2.01. The maximum atomic E-state index is 11.6. The topological polar surface area (TPSA) is 134 Å². The Balaban J connectivity index is 2.40. The fraction of sp³-hybridized carbons (Fsp3) is 0.636. The van der Waals surface area contributed by atoms with Gasteiger partial charge < -0.3 is 25.8 Å². The van der Waals surface area contributed by atoms with E-state index in [9.17, 15) is 19.2 Å². The Bertz CT molecular complexity index is 411. The van der Waals surface area contributed by atoms with E-state index in [0.29, 0.717) is 6.54 Å². The number of nitrogens with one attached hydrogen (secondary N) is 3. The van der Waals surface area contributed by atoms with E-state index in [1.54, 1.807) is 0 Å². The summed E-state index contributed by atoms with van der Waals surface area (Å²) in [4.78, 5) is 44.5. The van der Waals surface area contributed by atoms with Crippen molar-refractivity contribution in [3.8, 4) is 0 Å². The van der Waals surface area contributed by atoms with E-state index in [2.05, 4.69) is 20.7 Å². The van der Waals surface area contributed by atoms with E-state index in [4.69, 9.17) is 5.11 Å². The van der Waals surface area contributed by atoms with Crippen LogP contribution in [0, 0.1) is 0 Å². The van der Waals surface area contributed by atoms with Gasteiger partial charge in [-0.3, -0.25) is 9.59 Å². The molecule has 1 heterocycles. The largest absolute Gasteiger partial charge is 0.480 e. The minimum Gasteiger partial charge on any atom is -0.480 e. The Labute approximate surface area is 115 Å². The third-order valence-corrected chi connectivity index (χ3v) is 2.78. The molecule has 0 spiro atoms. The second-order valence-electron chi connectivity index (χ2n) is 4.33. The highest BCUT2D eigenvalue weighted by Gasteiger charge is 2.26. The Morgan fingerprint density at radius 2 is 2.20 bits per heavy atom. The van der Waals surface area contributed by atoms with Crippen molar-refractivity contribution in [3.05, 3.63) is 0 Å². The van der Waals surface area contributed by atoms with Gasteiger partial charge in [-0.25, -0.2) is 9.59 Å². The third kappa shape index (κ3) is 5.12. The first-order valence-corrected chi connectivity index (χ1v) is 6.05. The van der Waals surface area contributed by atoms with Crippen LogP contribution in [0.25, 0.3) is 0 Å². The van der Waals surface area contributed by atoms with Crippen LogP contribution >= 0.6 is 0 Å². The molecule has 0 aromatic rings. The molecular formula is C11H17N3O6. The van der Waals surface area contributed by atoms with Gasteiger partial charge in [0.1, 0.15) is 6.04 Å². The fourth-order valence-electron chi connectivity index (χ4n) is 1.71. The van der Waals surface area contributed by atoms with Gasteiger partial charge in [0.25, 0.3) is 0 Å². The van der Waals surface area contributed by atoms with Gasteiger partial charge in [-0.1, -0.05) is 0 Å². The van der Waals surface area contributed by atoms with Crippen LogP contribution in [0.5, 0.6) is 0 Å². The number of carbonyl (C=O) groups excluding carboxylic acids is 3. The summed E-state index contributed by atoms with van der Waals surface area (Å²) in [7, 11) is 1.20. The number of amides is 3. The van der Waals surface area contributed by atoms with Crippen LogP contribution in [0.15, 0.2) is 0 Å². The maximum Gasteiger partial charge on any atom is 0.326 e. The summed E-state index contributed by atoms with van der Waals surface area (Å²) >= 11 is 0. The van der Waals surface area contributed by atoms with Crippen LogP contribution in [-0.4, -0.2) is 54.7 Å². The quantitative estimate of drug-likeness (QED) is 0.443. The highest BCUT2D eigenvalue weighted by molar-refractivity contribution is 5.84. The standard InChI is InChI=1S/C11H17N3O6/c1-20-9(16)3-2-7(10(17)18)14-11(19)13-6-4-8(15)12-5-6/h6-7H,2-5H2,1H3,(H,12,15)(H,17,18)(H2,13,14,19)/t6?,7-/m1/s1. The minimum absolute atomic E-state index is 0.0721. The number of ether oxygens (including phenoxy) is 1. The number of methoxy groups -OCH3 is 1. The van der Waals surface area contributed by atoms with E-state index in [1.807, 2.05) is 0 Å². The third-order valence-electron chi connectivity index (χ3n) is 2.78.